The second-order valence-corrected chi connectivity index (χ2v) is 3.61. The number of nitrogens with one attached hydrogen (secondary N) is 1. The van der Waals surface area contributed by atoms with Gasteiger partial charge < -0.3 is 10.2 Å². The van der Waals surface area contributed by atoms with Crippen LogP contribution in [0.25, 0.3) is 0 Å². The van der Waals surface area contributed by atoms with Crippen molar-refractivity contribution in [3.05, 3.63) is 0 Å². The molecule has 0 rings (SSSR count). The molecule has 1 unspecified atom stereocenters. The second-order valence-electron chi connectivity index (χ2n) is 2.11. The fourth-order valence-corrected chi connectivity index (χ4v) is 0.914. The Morgan fingerprint density at radius 3 is 1.83 bits per heavy atom. The summed E-state index contributed by atoms with van der Waals surface area (Å²) in [5.74, 6) is -0.590. The van der Waals surface area contributed by atoms with Crippen LogP contribution in [0.15, 0.2) is 0 Å². The van der Waals surface area contributed by atoms with Crippen molar-refractivity contribution in [2.24, 2.45) is 0 Å². The summed E-state index contributed by atoms with van der Waals surface area (Å²) in [7, 11) is -2.29. The molecule has 0 aliphatic carbocycles. The minimum atomic E-state index is -3.97. The SMILES string of the molecule is CC(O)CS(=O)(=O)O.CNCO. The van der Waals surface area contributed by atoms with E-state index in [1.54, 1.807) is 7.05 Å². The zero-order valence-corrected chi connectivity index (χ0v) is 7.87. The fraction of sp³-hybridized carbons (Fsp3) is 1.00. The van der Waals surface area contributed by atoms with Crippen LogP contribution in [-0.2, 0) is 10.1 Å². The third-order valence-corrected chi connectivity index (χ3v) is 1.51. The molecule has 12 heavy (non-hydrogen) atoms. The quantitative estimate of drug-likeness (QED) is 0.324. The smallest absolute Gasteiger partial charge is 0.267 e. The van der Waals surface area contributed by atoms with Gasteiger partial charge in [-0.15, -0.1) is 0 Å². The van der Waals surface area contributed by atoms with Crippen LogP contribution >= 0.6 is 0 Å². The van der Waals surface area contributed by atoms with Gasteiger partial charge in [0.25, 0.3) is 10.1 Å². The average molecular weight is 201 g/mol. The Kier molecular flexibility index (Phi) is 8.88. The lowest BCUT2D eigenvalue weighted by Crippen LogP contribution is -2.16. The van der Waals surface area contributed by atoms with E-state index in [4.69, 9.17) is 14.8 Å². The Bertz CT molecular complexity index is 174. The molecule has 0 radical (unpaired) electrons. The van der Waals surface area contributed by atoms with Crippen molar-refractivity contribution < 1.29 is 23.2 Å². The fourth-order valence-electron chi connectivity index (χ4n) is 0.305. The van der Waals surface area contributed by atoms with Crippen molar-refractivity contribution in [1.29, 1.82) is 0 Å². The van der Waals surface area contributed by atoms with Gasteiger partial charge in [-0.25, -0.2) is 0 Å². The molecule has 0 aliphatic rings. The summed E-state index contributed by atoms with van der Waals surface area (Å²) in [5, 5.41) is 18.6. The lowest BCUT2D eigenvalue weighted by atomic mass is 10.5. The van der Waals surface area contributed by atoms with Crippen LogP contribution in [0.3, 0.4) is 0 Å². The highest BCUT2D eigenvalue weighted by atomic mass is 32.2. The number of hydrogen-bond donors (Lipinski definition) is 4. The summed E-state index contributed by atoms with van der Waals surface area (Å²) in [6.45, 7) is 1.35. The van der Waals surface area contributed by atoms with Crippen LogP contribution in [0.2, 0.25) is 0 Å². The third-order valence-electron chi connectivity index (χ3n) is 0.610. The second kappa shape index (κ2) is 7.44. The highest BCUT2D eigenvalue weighted by molar-refractivity contribution is 7.85. The van der Waals surface area contributed by atoms with Gasteiger partial charge in [0.2, 0.25) is 0 Å². The highest BCUT2D eigenvalue weighted by Gasteiger charge is 2.07. The maximum atomic E-state index is 9.84. The third kappa shape index (κ3) is 22.6. The summed E-state index contributed by atoms with van der Waals surface area (Å²) < 4.78 is 27.7. The molecule has 0 heterocycles. The molecule has 0 fully saturated rings. The van der Waals surface area contributed by atoms with Gasteiger partial charge in [-0.2, -0.15) is 8.42 Å². The van der Waals surface area contributed by atoms with E-state index in [1.807, 2.05) is 0 Å². The number of rotatable bonds is 3. The van der Waals surface area contributed by atoms with Gasteiger partial charge in [0.1, 0.15) is 5.75 Å². The maximum absolute atomic E-state index is 9.84. The van der Waals surface area contributed by atoms with Crippen LogP contribution in [0.5, 0.6) is 0 Å². The minimum absolute atomic E-state index is 0.0694. The van der Waals surface area contributed by atoms with Gasteiger partial charge in [0, 0.05) is 0 Å². The van der Waals surface area contributed by atoms with Crippen molar-refractivity contribution in [2.45, 2.75) is 13.0 Å². The van der Waals surface area contributed by atoms with E-state index < -0.39 is 22.0 Å². The molecule has 0 bridgehead atoms. The first-order valence-electron chi connectivity index (χ1n) is 3.22. The first-order valence-corrected chi connectivity index (χ1v) is 4.83. The molecule has 4 N–H and O–H groups in total. The predicted octanol–water partition coefficient (Wildman–Crippen LogP) is -1.59. The van der Waals surface area contributed by atoms with Crippen molar-refractivity contribution in [1.82, 2.24) is 5.32 Å². The summed E-state index contributed by atoms with van der Waals surface area (Å²) in [6, 6.07) is 0. The topological polar surface area (TPSA) is 107 Å². The molecule has 6 nitrogen and oxygen atoms in total. The summed E-state index contributed by atoms with van der Waals surface area (Å²) in [6.07, 6.45) is -0.995. The van der Waals surface area contributed by atoms with E-state index in [0.717, 1.165) is 0 Å². The van der Waals surface area contributed by atoms with Crippen LogP contribution in [0.4, 0.5) is 0 Å². The molecule has 0 aromatic carbocycles. The average Bonchev–Trinajstić information content (AvgIpc) is 1.83. The van der Waals surface area contributed by atoms with E-state index in [2.05, 4.69) is 5.32 Å². The number of hydrogen-bond acceptors (Lipinski definition) is 5. The Labute approximate surface area is 72.0 Å². The molecular weight excluding hydrogens is 186 g/mol. The molecule has 7 heteroatoms. The molecule has 1 atom stereocenters. The largest absolute Gasteiger partial charge is 0.392 e. The Morgan fingerprint density at radius 1 is 1.50 bits per heavy atom. The molecule has 0 spiro atoms. The zero-order chi connectivity index (χ0) is 10.2. The van der Waals surface area contributed by atoms with Crippen LogP contribution in [0.1, 0.15) is 6.92 Å². The molecular formula is C5H15NO5S. The van der Waals surface area contributed by atoms with Gasteiger partial charge in [0.05, 0.1) is 12.8 Å². The summed E-state index contributed by atoms with van der Waals surface area (Å²) in [4.78, 5) is 0. The Hall–Kier alpha value is -0.210. The van der Waals surface area contributed by atoms with Crippen LogP contribution in [-0.4, -0.2) is 48.8 Å². The molecule has 0 aromatic heterocycles. The zero-order valence-electron chi connectivity index (χ0n) is 7.06. The van der Waals surface area contributed by atoms with E-state index in [9.17, 15) is 8.42 Å². The molecule has 76 valence electrons. The van der Waals surface area contributed by atoms with Crippen molar-refractivity contribution in [3.63, 3.8) is 0 Å². The first kappa shape index (κ1) is 14.3. The normalized spacial score (nSPS) is 13.1. The van der Waals surface area contributed by atoms with Gasteiger partial charge in [-0.05, 0) is 14.0 Å². The standard InChI is InChI=1S/C3H8O4S.C2H7NO/c1-3(4)2-8(5,6)7;1-3-2-4/h3-4H,2H2,1H3,(H,5,6,7);3-4H,2H2,1H3. The monoisotopic (exact) mass is 201 g/mol. The molecule has 0 saturated heterocycles. The Morgan fingerprint density at radius 2 is 1.83 bits per heavy atom. The molecule has 0 saturated carbocycles. The van der Waals surface area contributed by atoms with E-state index in [-0.39, 0.29) is 6.73 Å². The highest BCUT2D eigenvalue weighted by Crippen LogP contribution is 1.86. The van der Waals surface area contributed by atoms with E-state index in [0.29, 0.717) is 0 Å². The molecule has 0 aliphatic heterocycles. The van der Waals surface area contributed by atoms with Crippen LogP contribution < -0.4 is 5.32 Å². The lowest BCUT2D eigenvalue weighted by Gasteiger charge is -1.97. The summed E-state index contributed by atoms with van der Waals surface area (Å²) >= 11 is 0. The van der Waals surface area contributed by atoms with Gasteiger partial charge in [-0.1, -0.05) is 0 Å². The van der Waals surface area contributed by atoms with Gasteiger partial charge in [-0.3, -0.25) is 9.87 Å². The Balaban J connectivity index is 0. The maximum Gasteiger partial charge on any atom is 0.267 e. The lowest BCUT2D eigenvalue weighted by molar-refractivity contribution is 0.215. The van der Waals surface area contributed by atoms with Gasteiger partial charge in [0.15, 0.2) is 0 Å². The van der Waals surface area contributed by atoms with Crippen LogP contribution in [0, 0.1) is 0 Å². The van der Waals surface area contributed by atoms with E-state index >= 15 is 0 Å². The van der Waals surface area contributed by atoms with Crippen molar-refractivity contribution in [3.8, 4) is 0 Å². The van der Waals surface area contributed by atoms with Crippen molar-refractivity contribution in [2.75, 3.05) is 19.5 Å². The molecule has 0 amide bonds. The molecule has 0 aromatic rings. The van der Waals surface area contributed by atoms with E-state index in [1.165, 1.54) is 6.92 Å². The summed E-state index contributed by atoms with van der Waals surface area (Å²) in [5.41, 5.74) is 0. The number of aliphatic hydroxyl groups excluding tert-OH is 2. The first-order chi connectivity index (χ1) is 5.33. The van der Waals surface area contributed by atoms with Gasteiger partial charge >= 0.3 is 0 Å². The predicted molar refractivity (Wildman–Crippen MR) is 44.2 cm³/mol. The minimum Gasteiger partial charge on any atom is -0.392 e. The van der Waals surface area contributed by atoms with Crippen molar-refractivity contribution >= 4 is 10.1 Å². The number of aliphatic hydroxyl groups is 2.